The Labute approximate surface area is 124 Å². The lowest BCUT2D eigenvalue weighted by Crippen LogP contribution is -2.07. The van der Waals surface area contributed by atoms with E-state index in [0.717, 1.165) is 35.7 Å². The topological polar surface area (TPSA) is 56.5 Å². The third-order valence-corrected chi connectivity index (χ3v) is 3.97. The van der Waals surface area contributed by atoms with Crippen molar-refractivity contribution in [3.63, 3.8) is 0 Å². The fraction of sp³-hybridized carbons (Fsp3) is 0.294. The Kier molecular flexibility index (Phi) is 3.60. The third kappa shape index (κ3) is 2.61. The number of nitrogens with one attached hydrogen (secondary N) is 1. The lowest BCUT2D eigenvalue weighted by atomic mass is 10.1. The van der Waals surface area contributed by atoms with Gasteiger partial charge in [0, 0.05) is 17.4 Å². The van der Waals surface area contributed by atoms with Crippen LogP contribution in [0.25, 0.3) is 0 Å². The minimum absolute atomic E-state index is 0.318. The Morgan fingerprint density at radius 1 is 1.05 bits per heavy atom. The highest BCUT2D eigenvalue weighted by Crippen LogP contribution is 2.37. The quantitative estimate of drug-likeness (QED) is 0.845. The number of methoxy groups -OCH3 is 2. The number of aryl methyl sites for hydroxylation is 1. The molecule has 1 aliphatic carbocycles. The summed E-state index contributed by atoms with van der Waals surface area (Å²) in [6.07, 6.45) is 2.14. The highest BCUT2D eigenvalue weighted by molar-refractivity contribution is 5.57. The second-order valence-corrected chi connectivity index (χ2v) is 5.26. The molecule has 1 atom stereocenters. The number of nitrogen functional groups attached to an aromatic ring is 1. The SMILES string of the molecule is COc1ccc(NC2CCc3cc(N)ccc32)cc1OC. The molecule has 0 saturated heterocycles. The van der Waals surface area contributed by atoms with E-state index in [2.05, 4.69) is 17.4 Å². The summed E-state index contributed by atoms with van der Waals surface area (Å²) in [5.74, 6) is 1.47. The van der Waals surface area contributed by atoms with Gasteiger partial charge in [-0.1, -0.05) is 6.07 Å². The third-order valence-electron chi connectivity index (χ3n) is 3.97. The van der Waals surface area contributed by atoms with Crippen molar-refractivity contribution in [2.24, 2.45) is 0 Å². The van der Waals surface area contributed by atoms with E-state index in [-0.39, 0.29) is 0 Å². The van der Waals surface area contributed by atoms with Crippen LogP contribution in [-0.4, -0.2) is 14.2 Å². The van der Waals surface area contributed by atoms with Gasteiger partial charge in [-0.2, -0.15) is 0 Å². The normalized spacial score (nSPS) is 16.4. The average Bonchev–Trinajstić information content (AvgIpc) is 2.89. The molecular weight excluding hydrogens is 264 g/mol. The molecule has 0 saturated carbocycles. The first-order valence-electron chi connectivity index (χ1n) is 7.08. The monoisotopic (exact) mass is 284 g/mol. The molecule has 3 N–H and O–H groups in total. The molecule has 0 amide bonds. The summed E-state index contributed by atoms with van der Waals surface area (Å²) in [5.41, 5.74) is 10.4. The molecule has 0 bridgehead atoms. The number of hydrogen-bond acceptors (Lipinski definition) is 4. The number of fused-ring (bicyclic) bond motifs is 1. The zero-order chi connectivity index (χ0) is 14.8. The van der Waals surface area contributed by atoms with Gasteiger partial charge in [0.05, 0.1) is 20.3 Å². The summed E-state index contributed by atoms with van der Waals surface area (Å²) in [5, 5.41) is 3.57. The highest BCUT2D eigenvalue weighted by atomic mass is 16.5. The number of anilines is 2. The van der Waals surface area contributed by atoms with Crippen molar-refractivity contribution in [2.75, 3.05) is 25.3 Å². The standard InChI is InChI=1S/C17H20N2O2/c1-20-16-8-5-13(10-17(16)21-2)19-15-7-3-11-9-12(18)4-6-14(11)15/h4-6,8-10,15,19H,3,7,18H2,1-2H3. The molecule has 2 aromatic carbocycles. The highest BCUT2D eigenvalue weighted by Gasteiger charge is 2.22. The van der Waals surface area contributed by atoms with E-state index < -0.39 is 0 Å². The van der Waals surface area contributed by atoms with E-state index in [0.29, 0.717) is 6.04 Å². The molecule has 0 radical (unpaired) electrons. The molecular formula is C17H20N2O2. The Morgan fingerprint density at radius 3 is 2.62 bits per heavy atom. The van der Waals surface area contributed by atoms with E-state index in [1.807, 2.05) is 24.3 Å². The Hall–Kier alpha value is -2.36. The van der Waals surface area contributed by atoms with Crippen molar-refractivity contribution in [3.05, 3.63) is 47.5 Å². The minimum atomic E-state index is 0.318. The lowest BCUT2D eigenvalue weighted by Gasteiger charge is -2.17. The predicted octanol–water partition coefficient (Wildman–Crippen LogP) is 3.39. The van der Waals surface area contributed by atoms with Crippen LogP contribution in [0.2, 0.25) is 0 Å². The van der Waals surface area contributed by atoms with Crippen LogP contribution >= 0.6 is 0 Å². The van der Waals surface area contributed by atoms with Crippen molar-refractivity contribution in [1.29, 1.82) is 0 Å². The van der Waals surface area contributed by atoms with E-state index in [1.54, 1.807) is 14.2 Å². The van der Waals surface area contributed by atoms with Gasteiger partial charge in [-0.25, -0.2) is 0 Å². The van der Waals surface area contributed by atoms with Gasteiger partial charge < -0.3 is 20.5 Å². The van der Waals surface area contributed by atoms with Crippen molar-refractivity contribution >= 4 is 11.4 Å². The first-order valence-corrected chi connectivity index (χ1v) is 7.08. The molecule has 0 aliphatic heterocycles. The van der Waals surface area contributed by atoms with E-state index in [9.17, 15) is 0 Å². The molecule has 0 fully saturated rings. The minimum Gasteiger partial charge on any atom is -0.493 e. The molecule has 1 unspecified atom stereocenters. The molecule has 3 rings (SSSR count). The van der Waals surface area contributed by atoms with Crippen LogP contribution in [-0.2, 0) is 6.42 Å². The molecule has 110 valence electrons. The number of hydrogen-bond donors (Lipinski definition) is 2. The first-order chi connectivity index (χ1) is 10.2. The maximum Gasteiger partial charge on any atom is 0.162 e. The smallest absolute Gasteiger partial charge is 0.162 e. The fourth-order valence-electron chi connectivity index (χ4n) is 2.91. The predicted molar refractivity (Wildman–Crippen MR) is 85.1 cm³/mol. The Balaban J connectivity index is 1.83. The zero-order valence-corrected chi connectivity index (χ0v) is 12.3. The maximum absolute atomic E-state index is 5.85. The van der Waals surface area contributed by atoms with Gasteiger partial charge in [0.15, 0.2) is 11.5 Å². The van der Waals surface area contributed by atoms with Gasteiger partial charge in [-0.05, 0) is 48.2 Å². The second-order valence-electron chi connectivity index (χ2n) is 5.26. The molecule has 2 aromatic rings. The van der Waals surface area contributed by atoms with Gasteiger partial charge in [0.1, 0.15) is 0 Å². The molecule has 1 aliphatic rings. The summed E-state index contributed by atoms with van der Waals surface area (Å²) >= 11 is 0. The summed E-state index contributed by atoms with van der Waals surface area (Å²) in [7, 11) is 3.29. The van der Waals surface area contributed by atoms with Crippen molar-refractivity contribution in [1.82, 2.24) is 0 Å². The van der Waals surface area contributed by atoms with Gasteiger partial charge >= 0.3 is 0 Å². The van der Waals surface area contributed by atoms with Crippen LogP contribution in [0.5, 0.6) is 11.5 Å². The van der Waals surface area contributed by atoms with Gasteiger partial charge in [0.25, 0.3) is 0 Å². The molecule has 0 spiro atoms. The van der Waals surface area contributed by atoms with Gasteiger partial charge in [-0.15, -0.1) is 0 Å². The Bertz CT molecular complexity index is 655. The van der Waals surface area contributed by atoms with Crippen LogP contribution in [0.1, 0.15) is 23.6 Å². The van der Waals surface area contributed by atoms with E-state index >= 15 is 0 Å². The summed E-state index contributed by atoms with van der Waals surface area (Å²) in [6, 6.07) is 12.4. The van der Waals surface area contributed by atoms with Crippen molar-refractivity contribution in [3.8, 4) is 11.5 Å². The van der Waals surface area contributed by atoms with E-state index in [1.165, 1.54) is 11.1 Å². The molecule has 21 heavy (non-hydrogen) atoms. The molecule has 4 nitrogen and oxygen atoms in total. The van der Waals surface area contributed by atoms with Crippen LogP contribution in [0, 0.1) is 0 Å². The number of nitrogens with two attached hydrogens (primary N) is 1. The van der Waals surface area contributed by atoms with E-state index in [4.69, 9.17) is 15.2 Å². The van der Waals surface area contributed by atoms with Crippen LogP contribution in [0.4, 0.5) is 11.4 Å². The second kappa shape index (κ2) is 5.56. The fourth-order valence-corrected chi connectivity index (χ4v) is 2.91. The number of ether oxygens (including phenoxy) is 2. The molecule has 0 aromatic heterocycles. The van der Waals surface area contributed by atoms with Gasteiger partial charge in [-0.3, -0.25) is 0 Å². The summed E-state index contributed by atoms with van der Waals surface area (Å²) in [4.78, 5) is 0. The molecule has 0 heterocycles. The summed E-state index contributed by atoms with van der Waals surface area (Å²) in [6.45, 7) is 0. The Morgan fingerprint density at radius 2 is 1.86 bits per heavy atom. The van der Waals surface area contributed by atoms with Crippen molar-refractivity contribution < 1.29 is 9.47 Å². The van der Waals surface area contributed by atoms with Crippen molar-refractivity contribution in [2.45, 2.75) is 18.9 Å². The average molecular weight is 284 g/mol. The zero-order valence-electron chi connectivity index (χ0n) is 12.3. The largest absolute Gasteiger partial charge is 0.493 e. The summed E-state index contributed by atoms with van der Waals surface area (Å²) < 4.78 is 10.6. The van der Waals surface area contributed by atoms with Crippen LogP contribution in [0.15, 0.2) is 36.4 Å². The first kappa shape index (κ1) is 13.6. The van der Waals surface area contributed by atoms with Gasteiger partial charge in [0.2, 0.25) is 0 Å². The number of benzene rings is 2. The van der Waals surface area contributed by atoms with Crippen LogP contribution in [0.3, 0.4) is 0 Å². The molecule has 4 heteroatoms. The number of rotatable bonds is 4. The van der Waals surface area contributed by atoms with Crippen LogP contribution < -0.4 is 20.5 Å². The maximum atomic E-state index is 5.85. The lowest BCUT2D eigenvalue weighted by molar-refractivity contribution is 0.355.